The van der Waals surface area contributed by atoms with E-state index in [2.05, 4.69) is 42.2 Å². The molecule has 0 aliphatic rings. The number of thioether (sulfide) groups is 1. The summed E-state index contributed by atoms with van der Waals surface area (Å²) in [6.45, 7) is 3.57. The molecule has 0 spiro atoms. The molecule has 3 aromatic rings. The van der Waals surface area contributed by atoms with Crippen LogP contribution < -0.4 is 0 Å². The number of nitrogens with zero attached hydrogens (tertiary/aromatic N) is 1. The zero-order valence-electron chi connectivity index (χ0n) is 15.9. The average molecular weight is 412 g/mol. The maximum atomic E-state index is 11.0. The molecule has 0 aliphatic heterocycles. The highest BCUT2D eigenvalue weighted by Crippen LogP contribution is 2.32. The molecule has 0 radical (unpaired) electrons. The molecule has 0 fully saturated rings. The molecule has 0 saturated heterocycles. The minimum atomic E-state index is -0.247. The van der Waals surface area contributed by atoms with Crippen molar-refractivity contribution >= 4 is 52.4 Å². The van der Waals surface area contributed by atoms with E-state index in [0.29, 0.717) is 11.0 Å². The number of carbonyl (C=O) groups is 1. The van der Waals surface area contributed by atoms with Crippen LogP contribution in [0.15, 0.2) is 54.6 Å². The van der Waals surface area contributed by atoms with Gasteiger partial charge >= 0.3 is 5.97 Å². The number of aromatic nitrogens is 1. The predicted octanol–water partition coefficient (Wildman–Crippen LogP) is 6.76. The molecule has 0 saturated carbocycles. The first-order valence-corrected chi connectivity index (χ1v) is 10.6. The lowest BCUT2D eigenvalue weighted by molar-refractivity contribution is -0.138. The van der Waals surface area contributed by atoms with Crippen LogP contribution >= 0.6 is 23.4 Å². The third kappa shape index (κ3) is 5.60. The van der Waals surface area contributed by atoms with Crippen LogP contribution in [0, 0.1) is 0 Å². The van der Waals surface area contributed by atoms with Crippen molar-refractivity contribution in [2.75, 3.05) is 5.94 Å². The van der Waals surface area contributed by atoms with Crippen LogP contribution in [0.1, 0.15) is 42.3 Å². The SMILES string of the molecule is CC[C@@H](SCOC(C)=O)c1cccc(C=Cc2ccc3ccc(Cl)cc3n2)c1. The number of carbonyl (C=O) groups excluding carboxylic acids is 1. The Labute approximate surface area is 174 Å². The van der Waals surface area contributed by atoms with Gasteiger partial charge in [0, 0.05) is 22.6 Å². The molecule has 1 atom stereocenters. The number of hydrogen-bond donors (Lipinski definition) is 0. The molecule has 144 valence electrons. The highest BCUT2D eigenvalue weighted by Gasteiger charge is 2.11. The molecule has 0 N–H and O–H groups in total. The topological polar surface area (TPSA) is 39.2 Å². The molecule has 0 bridgehead atoms. The minimum absolute atomic E-state index is 0.247. The van der Waals surface area contributed by atoms with Gasteiger partial charge < -0.3 is 4.74 Å². The summed E-state index contributed by atoms with van der Waals surface area (Å²) in [7, 11) is 0. The van der Waals surface area contributed by atoms with E-state index in [1.807, 2.05) is 36.4 Å². The molecule has 28 heavy (non-hydrogen) atoms. The van der Waals surface area contributed by atoms with Crippen molar-refractivity contribution in [3.8, 4) is 0 Å². The number of esters is 1. The fourth-order valence-electron chi connectivity index (χ4n) is 2.89. The lowest BCUT2D eigenvalue weighted by Crippen LogP contribution is -2.01. The van der Waals surface area contributed by atoms with Gasteiger partial charge in [-0.3, -0.25) is 4.79 Å². The highest BCUT2D eigenvalue weighted by molar-refractivity contribution is 7.99. The predicted molar refractivity (Wildman–Crippen MR) is 119 cm³/mol. The summed E-state index contributed by atoms with van der Waals surface area (Å²) in [6, 6.07) is 18.2. The van der Waals surface area contributed by atoms with Crippen molar-refractivity contribution in [2.24, 2.45) is 0 Å². The van der Waals surface area contributed by atoms with E-state index in [1.54, 1.807) is 11.8 Å². The second-order valence-corrected chi connectivity index (χ2v) is 7.97. The number of benzene rings is 2. The number of pyridine rings is 1. The molecular formula is C23H22ClNO2S. The van der Waals surface area contributed by atoms with E-state index in [9.17, 15) is 4.79 Å². The second kappa shape index (κ2) is 9.76. The molecule has 1 aromatic heterocycles. The van der Waals surface area contributed by atoms with Gasteiger partial charge in [0.2, 0.25) is 0 Å². The van der Waals surface area contributed by atoms with Crippen molar-refractivity contribution in [3.63, 3.8) is 0 Å². The molecule has 0 aliphatic carbocycles. The number of rotatable bonds is 7. The van der Waals surface area contributed by atoms with Crippen LogP contribution in [0.2, 0.25) is 5.02 Å². The number of hydrogen-bond acceptors (Lipinski definition) is 4. The van der Waals surface area contributed by atoms with Crippen molar-refractivity contribution in [1.29, 1.82) is 0 Å². The van der Waals surface area contributed by atoms with Gasteiger partial charge in [-0.05, 0) is 41.8 Å². The van der Waals surface area contributed by atoms with E-state index in [4.69, 9.17) is 16.3 Å². The van der Waals surface area contributed by atoms with Crippen LogP contribution in [0.4, 0.5) is 0 Å². The van der Waals surface area contributed by atoms with Gasteiger partial charge in [0.15, 0.2) is 0 Å². The zero-order valence-corrected chi connectivity index (χ0v) is 17.5. The molecule has 2 aromatic carbocycles. The minimum Gasteiger partial charge on any atom is -0.455 e. The van der Waals surface area contributed by atoms with Crippen LogP contribution in [-0.2, 0) is 9.53 Å². The summed E-state index contributed by atoms with van der Waals surface area (Å²) in [5.41, 5.74) is 4.10. The quantitative estimate of drug-likeness (QED) is 0.318. The maximum absolute atomic E-state index is 11.0. The summed E-state index contributed by atoms with van der Waals surface area (Å²) in [5, 5.41) is 2.04. The average Bonchev–Trinajstić information content (AvgIpc) is 2.69. The number of halogens is 1. The van der Waals surface area contributed by atoms with Crippen molar-refractivity contribution in [3.05, 3.63) is 76.4 Å². The van der Waals surface area contributed by atoms with Crippen LogP contribution in [0.5, 0.6) is 0 Å². The number of ether oxygens (including phenoxy) is 1. The fraction of sp³-hybridized carbons (Fsp3) is 0.217. The first-order valence-electron chi connectivity index (χ1n) is 9.14. The molecule has 3 nitrogen and oxygen atoms in total. The molecule has 0 unspecified atom stereocenters. The second-order valence-electron chi connectivity index (χ2n) is 6.39. The summed E-state index contributed by atoms with van der Waals surface area (Å²) in [5.74, 6) is 0.125. The van der Waals surface area contributed by atoms with Gasteiger partial charge in [0.1, 0.15) is 5.94 Å². The molecule has 0 amide bonds. The third-order valence-electron chi connectivity index (χ3n) is 4.31. The summed E-state index contributed by atoms with van der Waals surface area (Å²) >= 11 is 7.71. The van der Waals surface area contributed by atoms with Gasteiger partial charge in [-0.25, -0.2) is 4.98 Å². The van der Waals surface area contributed by atoms with E-state index >= 15 is 0 Å². The Morgan fingerprint density at radius 3 is 2.79 bits per heavy atom. The van der Waals surface area contributed by atoms with Gasteiger partial charge in [0.05, 0.1) is 11.2 Å². The Hall–Kier alpha value is -2.30. The Morgan fingerprint density at radius 2 is 2.00 bits per heavy atom. The van der Waals surface area contributed by atoms with Crippen LogP contribution in [0.25, 0.3) is 23.1 Å². The maximum Gasteiger partial charge on any atom is 0.303 e. The van der Waals surface area contributed by atoms with Crippen LogP contribution in [-0.4, -0.2) is 16.9 Å². The molecule has 5 heteroatoms. The molecule has 3 rings (SSSR count). The van der Waals surface area contributed by atoms with Gasteiger partial charge in [-0.1, -0.05) is 61.0 Å². The van der Waals surface area contributed by atoms with E-state index < -0.39 is 0 Å². The highest BCUT2D eigenvalue weighted by atomic mass is 35.5. The lowest BCUT2D eigenvalue weighted by Gasteiger charge is -2.15. The number of fused-ring (bicyclic) bond motifs is 1. The van der Waals surface area contributed by atoms with E-state index in [0.717, 1.165) is 28.6 Å². The normalized spacial score (nSPS) is 12.4. The first kappa shape index (κ1) is 20.4. The van der Waals surface area contributed by atoms with Crippen LogP contribution in [0.3, 0.4) is 0 Å². The molecule has 1 heterocycles. The monoisotopic (exact) mass is 411 g/mol. The van der Waals surface area contributed by atoms with Crippen molar-refractivity contribution in [1.82, 2.24) is 4.98 Å². The Balaban J connectivity index is 1.75. The van der Waals surface area contributed by atoms with E-state index in [1.165, 1.54) is 12.5 Å². The van der Waals surface area contributed by atoms with Crippen molar-refractivity contribution < 1.29 is 9.53 Å². The summed E-state index contributed by atoms with van der Waals surface area (Å²) in [6.07, 6.45) is 5.03. The Morgan fingerprint density at radius 1 is 1.18 bits per heavy atom. The summed E-state index contributed by atoms with van der Waals surface area (Å²) in [4.78, 5) is 15.6. The lowest BCUT2D eigenvalue weighted by atomic mass is 10.1. The van der Waals surface area contributed by atoms with Gasteiger partial charge in [0.25, 0.3) is 0 Å². The van der Waals surface area contributed by atoms with Gasteiger partial charge in [-0.2, -0.15) is 0 Å². The standard InChI is InChI=1S/C23H22ClNO2S/c1-3-23(28-15-27-16(2)26)19-6-4-5-17(13-19)7-11-21-12-9-18-8-10-20(24)14-22(18)25-21/h4-14,23H,3,15H2,1-2H3/t23-/m1/s1. The van der Waals surface area contributed by atoms with Gasteiger partial charge in [-0.15, -0.1) is 11.8 Å². The first-order chi connectivity index (χ1) is 13.5. The molecular weight excluding hydrogens is 390 g/mol. The third-order valence-corrected chi connectivity index (χ3v) is 5.80. The smallest absolute Gasteiger partial charge is 0.303 e. The van der Waals surface area contributed by atoms with E-state index in [-0.39, 0.29) is 11.2 Å². The largest absolute Gasteiger partial charge is 0.455 e. The Kier molecular flexibility index (Phi) is 7.12. The Bertz CT molecular complexity index is 1000. The summed E-state index contributed by atoms with van der Waals surface area (Å²) < 4.78 is 5.07. The zero-order chi connectivity index (χ0) is 19.9. The fourth-order valence-corrected chi connectivity index (χ4v) is 4.03. The van der Waals surface area contributed by atoms with Crippen molar-refractivity contribution in [2.45, 2.75) is 25.5 Å².